The zero-order valence-electron chi connectivity index (χ0n) is 5.95. The normalized spacial score (nSPS) is 10.4. The van der Waals surface area contributed by atoms with E-state index in [-0.39, 0.29) is 5.82 Å². The Balaban J connectivity index is 2.81. The molecule has 1 aromatic heterocycles. The molecule has 0 spiro atoms. The minimum Gasteiger partial charge on any atom is -0.296 e. The lowest BCUT2D eigenvalue weighted by Gasteiger charge is -1.87. The summed E-state index contributed by atoms with van der Waals surface area (Å²) in [7, 11) is 0. The van der Waals surface area contributed by atoms with Gasteiger partial charge in [-0.3, -0.25) is 4.79 Å². The maximum absolute atomic E-state index is 12.6. The Morgan fingerprint density at radius 3 is 3.08 bits per heavy atom. The molecule has 2 aromatic rings. The van der Waals surface area contributed by atoms with Gasteiger partial charge in [-0.1, -0.05) is 0 Å². The molecule has 2 nitrogen and oxygen atoms in total. The largest absolute Gasteiger partial charge is 0.296 e. The second kappa shape index (κ2) is 2.64. The number of hydrogen-bond acceptors (Lipinski definition) is 3. The van der Waals surface area contributed by atoms with Crippen LogP contribution in [0.25, 0.3) is 10.1 Å². The second-order valence-corrected chi connectivity index (χ2v) is 3.13. The Bertz CT molecular complexity index is 438. The van der Waals surface area contributed by atoms with Crippen LogP contribution in [0.2, 0.25) is 0 Å². The molecule has 0 aliphatic carbocycles. The highest BCUT2D eigenvalue weighted by molar-refractivity contribution is 7.13. The van der Waals surface area contributed by atoms with Gasteiger partial charge in [0.25, 0.3) is 0 Å². The highest BCUT2D eigenvalue weighted by Crippen LogP contribution is 2.21. The van der Waals surface area contributed by atoms with Crippen molar-refractivity contribution in [1.82, 2.24) is 4.37 Å². The number of halogens is 1. The Kier molecular flexibility index (Phi) is 1.62. The van der Waals surface area contributed by atoms with Crippen LogP contribution in [-0.4, -0.2) is 10.7 Å². The molecule has 0 unspecified atom stereocenters. The van der Waals surface area contributed by atoms with Crippen molar-refractivity contribution >= 4 is 27.9 Å². The first-order chi connectivity index (χ1) is 5.81. The first-order valence-electron chi connectivity index (χ1n) is 3.31. The van der Waals surface area contributed by atoms with E-state index >= 15 is 0 Å². The topological polar surface area (TPSA) is 30.0 Å². The van der Waals surface area contributed by atoms with E-state index in [0.717, 1.165) is 16.9 Å². The Labute approximate surface area is 71.8 Å². The van der Waals surface area contributed by atoms with E-state index in [1.807, 2.05) is 0 Å². The Morgan fingerprint density at radius 2 is 2.33 bits per heavy atom. The van der Waals surface area contributed by atoms with Crippen LogP contribution in [-0.2, 0) is 0 Å². The van der Waals surface area contributed by atoms with Crippen LogP contribution >= 0.6 is 11.5 Å². The summed E-state index contributed by atoms with van der Waals surface area (Å²) in [5, 5.41) is 0.719. The quantitative estimate of drug-likeness (QED) is 0.631. The lowest BCUT2D eigenvalue weighted by molar-refractivity contribution is 0.112. The summed E-state index contributed by atoms with van der Waals surface area (Å²) in [5.74, 6) is -0.302. The maximum Gasteiger partial charge on any atom is 0.170 e. The number of aldehydes is 1. The molecule has 0 atom stereocenters. The van der Waals surface area contributed by atoms with Crippen LogP contribution < -0.4 is 0 Å². The van der Waals surface area contributed by atoms with Crippen molar-refractivity contribution in [3.05, 3.63) is 29.7 Å². The summed E-state index contributed by atoms with van der Waals surface area (Å²) in [5.41, 5.74) is 0.384. The molecule has 0 N–H and O–H groups in total. The maximum atomic E-state index is 12.6. The predicted molar refractivity (Wildman–Crippen MR) is 45.0 cm³/mol. The highest BCUT2D eigenvalue weighted by atomic mass is 32.1. The summed E-state index contributed by atoms with van der Waals surface area (Å²) >= 11 is 1.13. The third kappa shape index (κ3) is 1.00. The van der Waals surface area contributed by atoms with Crippen LogP contribution in [0.3, 0.4) is 0 Å². The van der Waals surface area contributed by atoms with Crippen molar-refractivity contribution in [3.8, 4) is 0 Å². The average Bonchev–Trinajstić information content (AvgIpc) is 2.46. The van der Waals surface area contributed by atoms with Crippen LogP contribution in [0.5, 0.6) is 0 Å². The van der Waals surface area contributed by atoms with Crippen LogP contribution in [0.15, 0.2) is 18.2 Å². The van der Waals surface area contributed by atoms with Gasteiger partial charge in [0.15, 0.2) is 6.29 Å². The van der Waals surface area contributed by atoms with E-state index in [4.69, 9.17) is 0 Å². The summed E-state index contributed by atoms with van der Waals surface area (Å²) in [6.07, 6.45) is 0.677. The molecule has 1 aromatic carbocycles. The molecule has 0 bridgehead atoms. The lowest BCUT2D eigenvalue weighted by atomic mass is 10.2. The van der Waals surface area contributed by atoms with E-state index in [9.17, 15) is 9.18 Å². The first-order valence-corrected chi connectivity index (χ1v) is 4.09. The number of hydrogen-bond donors (Lipinski definition) is 0. The van der Waals surface area contributed by atoms with Crippen molar-refractivity contribution in [1.29, 1.82) is 0 Å². The van der Waals surface area contributed by atoms with Gasteiger partial charge < -0.3 is 0 Å². The molecule has 0 saturated carbocycles. The molecular weight excluding hydrogens is 177 g/mol. The van der Waals surface area contributed by atoms with Gasteiger partial charge in [0, 0.05) is 5.39 Å². The number of aromatic nitrogens is 1. The van der Waals surface area contributed by atoms with Crippen molar-refractivity contribution in [2.45, 2.75) is 0 Å². The van der Waals surface area contributed by atoms with E-state index in [0.29, 0.717) is 16.7 Å². The molecule has 0 saturated heterocycles. The predicted octanol–water partition coefficient (Wildman–Crippen LogP) is 2.25. The number of carbonyl (C=O) groups is 1. The molecule has 12 heavy (non-hydrogen) atoms. The van der Waals surface area contributed by atoms with Crippen molar-refractivity contribution in [2.75, 3.05) is 0 Å². The summed E-state index contributed by atoms with van der Waals surface area (Å²) < 4.78 is 17.2. The Hall–Kier alpha value is -1.29. The van der Waals surface area contributed by atoms with Gasteiger partial charge >= 0.3 is 0 Å². The number of nitrogens with zero attached hydrogens (tertiary/aromatic N) is 1. The van der Waals surface area contributed by atoms with Gasteiger partial charge in [-0.25, -0.2) is 4.39 Å². The molecule has 2 rings (SSSR count). The lowest BCUT2D eigenvalue weighted by Crippen LogP contribution is -1.78. The molecule has 1 heterocycles. The van der Waals surface area contributed by atoms with Crippen LogP contribution in [0.1, 0.15) is 10.5 Å². The van der Waals surface area contributed by atoms with Gasteiger partial charge in [0.2, 0.25) is 0 Å². The summed E-state index contributed by atoms with van der Waals surface area (Å²) in [4.78, 5) is 10.4. The third-order valence-electron chi connectivity index (χ3n) is 1.57. The molecule has 0 radical (unpaired) electrons. The highest BCUT2D eigenvalue weighted by Gasteiger charge is 2.04. The van der Waals surface area contributed by atoms with E-state index in [1.165, 1.54) is 12.1 Å². The number of rotatable bonds is 1. The molecular formula is C8H4FNOS. The molecule has 0 aliphatic rings. The van der Waals surface area contributed by atoms with Crippen molar-refractivity contribution in [2.24, 2.45) is 0 Å². The average molecular weight is 181 g/mol. The van der Waals surface area contributed by atoms with E-state index < -0.39 is 0 Å². The van der Waals surface area contributed by atoms with E-state index in [2.05, 4.69) is 4.37 Å². The van der Waals surface area contributed by atoms with Gasteiger partial charge in [0.05, 0.1) is 4.70 Å². The van der Waals surface area contributed by atoms with Crippen LogP contribution in [0, 0.1) is 5.82 Å². The summed E-state index contributed by atoms with van der Waals surface area (Å²) in [6, 6.07) is 4.27. The fourth-order valence-corrected chi connectivity index (χ4v) is 1.79. The zero-order valence-corrected chi connectivity index (χ0v) is 6.77. The molecule has 60 valence electrons. The van der Waals surface area contributed by atoms with Crippen LogP contribution in [0.4, 0.5) is 4.39 Å². The standard InChI is InChI=1S/C8H4FNOS/c9-5-1-2-6-7(4-11)10-12-8(6)3-5/h1-4H. The second-order valence-electron chi connectivity index (χ2n) is 2.33. The van der Waals surface area contributed by atoms with Crippen molar-refractivity contribution in [3.63, 3.8) is 0 Å². The molecule has 0 aliphatic heterocycles. The number of carbonyl (C=O) groups excluding carboxylic acids is 1. The van der Waals surface area contributed by atoms with Gasteiger partial charge in [-0.2, -0.15) is 4.37 Å². The Morgan fingerprint density at radius 1 is 1.50 bits per heavy atom. The molecule has 0 fully saturated rings. The van der Waals surface area contributed by atoms with E-state index in [1.54, 1.807) is 6.07 Å². The number of benzene rings is 1. The minimum absolute atomic E-state index is 0.302. The first kappa shape index (κ1) is 7.36. The third-order valence-corrected chi connectivity index (χ3v) is 2.40. The smallest absolute Gasteiger partial charge is 0.170 e. The van der Waals surface area contributed by atoms with Crippen molar-refractivity contribution < 1.29 is 9.18 Å². The number of fused-ring (bicyclic) bond motifs is 1. The minimum atomic E-state index is -0.302. The van der Waals surface area contributed by atoms with Gasteiger partial charge in [-0.05, 0) is 29.7 Å². The van der Waals surface area contributed by atoms with Gasteiger partial charge in [-0.15, -0.1) is 0 Å². The fraction of sp³-hybridized carbons (Fsp3) is 0. The summed E-state index contributed by atoms with van der Waals surface area (Å²) in [6.45, 7) is 0. The molecule has 4 heteroatoms. The monoisotopic (exact) mass is 181 g/mol. The SMILES string of the molecule is O=Cc1nsc2cc(F)ccc12. The zero-order chi connectivity index (χ0) is 8.55. The van der Waals surface area contributed by atoms with Gasteiger partial charge in [0.1, 0.15) is 11.5 Å². The fourth-order valence-electron chi connectivity index (χ4n) is 1.02. The molecule has 0 amide bonds.